The Bertz CT molecular complexity index is 716. The van der Waals surface area contributed by atoms with Crippen LogP contribution in [0.3, 0.4) is 0 Å². The highest BCUT2D eigenvalue weighted by molar-refractivity contribution is 6.03. The van der Waals surface area contributed by atoms with Crippen molar-refractivity contribution in [2.24, 2.45) is 0 Å². The maximum atomic E-state index is 11.2. The standard InChI is InChI=1S/C13H11N3O3/c17-13(18)9-6-14-12-11(9)10(15-7-16-12)4-3-8-2-1-5-19-8/h1-2,5-7H,3-4H2,(H,17,18)(H,14,15,16). The number of fused-ring (bicyclic) bond motifs is 1. The van der Waals surface area contributed by atoms with Gasteiger partial charge in [-0.15, -0.1) is 0 Å². The second kappa shape index (κ2) is 4.56. The molecule has 0 unspecified atom stereocenters. The van der Waals surface area contributed by atoms with Gasteiger partial charge in [-0.2, -0.15) is 0 Å². The number of nitrogens with zero attached hydrogens (tertiary/aromatic N) is 2. The van der Waals surface area contributed by atoms with Crippen LogP contribution in [0.2, 0.25) is 0 Å². The average Bonchev–Trinajstić information content (AvgIpc) is 3.05. The Hall–Kier alpha value is -2.63. The summed E-state index contributed by atoms with van der Waals surface area (Å²) in [7, 11) is 0. The summed E-state index contributed by atoms with van der Waals surface area (Å²) in [6.45, 7) is 0. The van der Waals surface area contributed by atoms with Crippen LogP contribution < -0.4 is 0 Å². The predicted octanol–water partition coefficient (Wildman–Crippen LogP) is 2.03. The zero-order valence-electron chi connectivity index (χ0n) is 9.96. The van der Waals surface area contributed by atoms with E-state index in [1.165, 1.54) is 12.5 Å². The van der Waals surface area contributed by atoms with Gasteiger partial charge in [0.15, 0.2) is 0 Å². The molecule has 0 amide bonds. The summed E-state index contributed by atoms with van der Waals surface area (Å²) in [4.78, 5) is 22.2. The van der Waals surface area contributed by atoms with Gasteiger partial charge < -0.3 is 14.5 Å². The van der Waals surface area contributed by atoms with Crippen molar-refractivity contribution in [2.75, 3.05) is 0 Å². The van der Waals surface area contributed by atoms with Crippen molar-refractivity contribution in [1.29, 1.82) is 0 Å². The molecule has 3 aromatic rings. The molecule has 19 heavy (non-hydrogen) atoms. The number of hydrogen-bond donors (Lipinski definition) is 2. The number of carbonyl (C=O) groups is 1. The number of nitrogens with one attached hydrogen (secondary N) is 1. The third-order valence-electron chi connectivity index (χ3n) is 2.97. The molecule has 0 radical (unpaired) electrons. The number of carboxylic acids is 1. The molecule has 0 spiro atoms. The Labute approximate surface area is 108 Å². The molecule has 0 aromatic carbocycles. The van der Waals surface area contributed by atoms with Crippen LogP contribution in [0.5, 0.6) is 0 Å². The number of aromatic nitrogens is 3. The first-order valence-electron chi connectivity index (χ1n) is 5.82. The average molecular weight is 257 g/mol. The van der Waals surface area contributed by atoms with Gasteiger partial charge in [-0.25, -0.2) is 14.8 Å². The number of H-pyrrole nitrogens is 1. The zero-order valence-corrected chi connectivity index (χ0v) is 9.96. The summed E-state index contributed by atoms with van der Waals surface area (Å²) in [5.74, 6) is -0.139. The van der Waals surface area contributed by atoms with Crippen molar-refractivity contribution in [3.63, 3.8) is 0 Å². The van der Waals surface area contributed by atoms with Crippen LogP contribution in [-0.2, 0) is 12.8 Å². The van der Waals surface area contributed by atoms with Crippen molar-refractivity contribution in [3.05, 3.63) is 47.9 Å². The summed E-state index contributed by atoms with van der Waals surface area (Å²) < 4.78 is 5.26. The second-order valence-electron chi connectivity index (χ2n) is 4.13. The van der Waals surface area contributed by atoms with Gasteiger partial charge in [0, 0.05) is 12.6 Å². The molecule has 96 valence electrons. The molecule has 3 heterocycles. The van der Waals surface area contributed by atoms with Gasteiger partial charge in [-0.05, 0) is 18.6 Å². The van der Waals surface area contributed by atoms with E-state index in [1.54, 1.807) is 6.26 Å². The lowest BCUT2D eigenvalue weighted by Gasteiger charge is -2.01. The maximum absolute atomic E-state index is 11.2. The van der Waals surface area contributed by atoms with E-state index in [1.807, 2.05) is 12.1 Å². The van der Waals surface area contributed by atoms with Crippen molar-refractivity contribution >= 4 is 17.0 Å². The lowest BCUT2D eigenvalue weighted by Crippen LogP contribution is -2.00. The van der Waals surface area contributed by atoms with Gasteiger partial charge >= 0.3 is 5.97 Å². The molecule has 0 atom stereocenters. The van der Waals surface area contributed by atoms with Crippen LogP contribution in [0.15, 0.2) is 35.3 Å². The Morgan fingerprint density at radius 3 is 3.00 bits per heavy atom. The second-order valence-corrected chi connectivity index (χ2v) is 4.13. The van der Waals surface area contributed by atoms with Gasteiger partial charge in [-0.1, -0.05) is 0 Å². The first-order valence-corrected chi connectivity index (χ1v) is 5.82. The van der Waals surface area contributed by atoms with E-state index in [4.69, 9.17) is 9.52 Å². The molecular weight excluding hydrogens is 246 g/mol. The Morgan fingerprint density at radius 2 is 2.26 bits per heavy atom. The van der Waals surface area contributed by atoms with Crippen LogP contribution in [0, 0.1) is 0 Å². The topological polar surface area (TPSA) is 92.0 Å². The van der Waals surface area contributed by atoms with Crippen molar-refractivity contribution < 1.29 is 14.3 Å². The Morgan fingerprint density at radius 1 is 1.37 bits per heavy atom. The van der Waals surface area contributed by atoms with Crippen molar-refractivity contribution in [3.8, 4) is 0 Å². The molecule has 0 aliphatic rings. The molecule has 0 aliphatic heterocycles. The summed E-state index contributed by atoms with van der Waals surface area (Å²) in [6, 6.07) is 3.71. The Balaban J connectivity index is 1.98. The predicted molar refractivity (Wildman–Crippen MR) is 67.0 cm³/mol. The normalized spacial score (nSPS) is 10.9. The van der Waals surface area contributed by atoms with Crippen LogP contribution in [0.1, 0.15) is 21.8 Å². The van der Waals surface area contributed by atoms with E-state index >= 15 is 0 Å². The molecular formula is C13H11N3O3. The van der Waals surface area contributed by atoms with E-state index < -0.39 is 5.97 Å². The van der Waals surface area contributed by atoms with E-state index in [9.17, 15) is 4.79 Å². The molecule has 0 saturated carbocycles. The summed E-state index contributed by atoms with van der Waals surface area (Å²) in [6.07, 6.45) is 5.76. The van der Waals surface area contributed by atoms with Gasteiger partial charge in [-0.3, -0.25) is 0 Å². The molecule has 3 rings (SSSR count). The molecule has 0 bridgehead atoms. The summed E-state index contributed by atoms with van der Waals surface area (Å²) in [5.41, 5.74) is 1.45. The maximum Gasteiger partial charge on any atom is 0.338 e. The largest absolute Gasteiger partial charge is 0.478 e. The number of aryl methyl sites for hydroxylation is 2. The minimum Gasteiger partial charge on any atom is -0.478 e. The highest BCUT2D eigenvalue weighted by atomic mass is 16.4. The fraction of sp³-hybridized carbons (Fsp3) is 0.154. The molecule has 0 fully saturated rings. The molecule has 6 heteroatoms. The Kier molecular flexibility index (Phi) is 2.75. The van der Waals surface area contributed by atoms with Gasteiger partial charge in [0.05, 0.1) is 22.9 Å². The van der Waals surface area contributed by atoms with E-state index in [2.05, 4.69) is 15.0 Å². The first kappa shape index (κ1) is 11.5. The number of hydrogen-bond acceptors (Lipinski definition) is 4. The summed E-state index contributed by atoms with van der Waals surface area (Å²) in [5, 5.41) is 9.73. The minimum absolute atomic E-state index is 0.199. The number of furan rings is 1. The fourth-order valence-corrected chi connectivity index (χ4v) is 2.08. The fourth-order valence-electron chi connectivity index (χ4n) is 2.08. The number of rotatable bonds is 4. The lowest BCUT2D eigenvalue weighted by molar-refractivity contribution is 0.0699. The van der Waals surface area contributed by atoms with Gasteiger partial charge in [0.25, 0.3) is 0 Å². The number of aromatic amines is 1. The van der Waals surface area contributed by atoms with Gasteiger partial charge in [0.1, 0.15) is 17.7 Å². The quantitative estimate of drug-likeness (QED) is 0.746. The summed E-state index contributed by atoms with van der Waals surface area (Å²) >= 11 is 0. The van der Waals surface area contributed by atoms with Crippen molar-refractivity contribution in [1.82, 2.24) is 15.0 Å². The van der Waals surface area contributed by atoms with E-state index in [-0.39, 0.29) is 5.56 Å². The lowest BCUT2D eigenvalue weighted by atomic mass is 10.1. The van der Waals surface area contributed by atoms with Crippen LogP contribution >= 0.6 is 0 Å². The number of aromatic carboxylic acids is 1. The van der Waals surface area contributed by atoms with E-state index in [0.29, 0.717) is 29.6 Å². The highest BCUT2D eigenvalue weighted by Gasteiger charge is 2.16. The third kappa shape index (κ3) is 2.08. The number of carboxylic acid groups (broad SMARTS) is 1. The smallest absolute Gasteiger partial charge is 0.338 e. The molecule has 0 aliphatic carbocycles. The highest BCUT2D eigenvalue weighted by Crippen LogP contribution is 2.20. The molecule has 3 aromatic heterocycles. The third-order valence-corrected chi connectivity index (χ3v) is 2.97. The molecule has 2 N–H and O–H groups in total. The minimum atomic E-state index is -0.986. The van der Waals surface area contributed by atoms with E-state index in [0.717, 1.165) is 5.76 Å². The van der Waals surface area contributed by atoms with Crippen molar-refractivity contribution in [2.45, 2.75) is 12.8 Å². The first-order chi connectivity index (χ1) is 9.25. The SMILES string of the molecule is O=C(O)c1c[nH]c2ncnc(CCc3ccco3)c12. The molecule has 6 nitrogen and oxygen atoms in total. The van der Waals surface area contributed by atoms with Gasteiger partial charge in [0.2, 0.25) is 0 Å². The van der Waals surface area contributed by atoms with Crippen LogP contribution in [-0.4, -0.2) is 26.0 Å². The monoisotopic (exact) mass is 257 g/mol. The van der Waals surface area contributed by atoms with Crippen LogP contribution in [0.4, 0.5) is 0 Å². The van der Waals surface area contributed by atoms with Crippen LogP contribution in [0.25, 0.3) is 11.0 Å². The zero-order chi connectivity index (χ0) is 13.2. The molecule has 0 saturated heterocycles.